The number of aliphatic imine (C=N–C) groups is 1. The SMILES string of the molecule is CCC(CNC(=NC)NCc1ccccn1)Oc1cccc(F)c1.I. The predicted molar refractivity (Wildman–Crippen MR) is 109 cm³/mol. The average molecular weight is 458 g/mol. The maximum Gasteiger partial charge on any atom is 0.191 e. The topological polar surface area (TPSA) is 58.5 Å². The fourth-order valence-electron chi connectivity index (χ4n) is 2.11. The molecule has 1 aromatic heterocycles. The first-order valence-electron chi connectivity index (χ1n) is 7.98. The van der Waals surface area contributed by atoms with Crippen molar-refractivity contribution in [3.8, 4) is 5.75 Å². The highest BCUT2D eigenvalue weighted by atomic mass is 127. The summed E-state index contributed by atoms with van der Waals surface area (Å²) in [6.45, 7) is 3.17. The molecule has 25 heavy (non-hydrogen) atoms. The zero-order chi connectivity index (χ0) is 17.2. The molecule has 7 heteroatoms. The molecule has 1 atom stereocenters. The number of halogens is 2. The van der Waals surface area contributed by atoms with Crippen molar-refractivity contribution < 1.29 is 9.13 Å². The van der Waals surface area contributed by atoms with Crippen molar-refractivity contribution in [3.05, 3.63) is 60.2 Å². The van der Waals surface area contributed by atoms with Crippen LogP contribution in [0.1, 0.15) is 19.0 Å². The molecule has 0 radical (unpaired) electrons. The van der Waals surface area contributed by atoms with Gasteiger partial charge in [-0.15, -0.1) is 24.0 Å². The van der Waals surface area contributed by atoms with Gasteiger partial charge in [-0.3, -0.25) is 9.98 Å². The molecular weight excluding hydrogens is 434 g/mol. The molecule has 1 aromatic carbocycles. The van der Waals surface area contributed by atoms with E-state index in [1.54, 1.807) is 25.4 Å². The molecule has 1 unspecified atom stereocenters. The van der Waals surface area contributed by atoms with Crippen LogP contribution in [0.4, 0.5) is 4.39 Å². The molecule has 0 saturated carbocycles. The molecule has 0 aliphatic heterocycles. The van der Waals surface area contributed by atoms with Gasteiger partial charge in [-0.2, -0.15) is 0 Å². The van der Waals surface area contributed by atoms with Gasteiger partial charge in [0.25, 0.3) is 0 Å². The lowest BCUT2D eigenvalue weighted by Crippen LogP contribution is -2.42. The summed E-state index contributed by atoms with van der Waals surface area (Å²) in [6.07, 6.45) is 2.47. The van der Waals surface area contributed by atoms with Crippen molar-refractivity contribution in [2.24, 2.45) is 4.99 Å². The number of benzene rings is 1. The van der Waals surface area contributed by atoms with Gasteiger partial charge < -0.3 is 15.4 Å². The first kappa shape index (κ1) is 21.1. The summed E-state index contributed by atoms with van der Waals surface area (Å²) in [5.74, 6) is 0.894. The Kier molecular flexibility index (Phi) is 9.83. The Bertz CT molecular complexity index is 655. The van der Waals surface area contributed by atoms with Crippen LogP contribution in [0.15, 0.2) is 53.7 Å². The minimum atomic E-state index is -0.303. The maximum atomic E-state index is 13.2. The third-order valence-corrected chi connectivity index (χ3v) is 3.44. The molecule has 5 nitrogen and oxygen atoms in total. The van der Waals surface area contributed by atoms with Crippen LogP contribution in [-0.4, -0.2) is 30.6 Å². The fourth-order valence-corrected chi connectivity index (χ4v) is 2.11. The maximum absolute atomic E-state index is 13.2. The van der Waals surface area contributed by atoms with Crippen molar-refractivity contribution in [1.82, 2.24) is 15.6 Å². The van der Waals surface area contributed by atoms with E-state index in [1.807, 2.05) is 25.1 Å². The second-order valence-electron chi connectivity index (χ2n) is 5.23. The molecule has 0 aliphatic rings. The van der Waals surface area contributed by atoms with E-state index in [1.165, 1.54) is 12.1 Å². The van der Waals surface area contributed by atoms with Crippen LogP contribution in [0.2, 0.25) is 0 Å². The van der Waals surface area contributed by atoms with Gasteiger partial charge in [0.1, 0.15) is 17.7 Å². The molecule has 0 fully saturated rings. The molecule has 0 spiro atoms. The van der Waals surface area contributed by atoms with Crippen LogP contribution >= 0.6 is 24.0 Å². The monoisotopic (exact) mass is 458 g/mol. The molecule has 0 aliphatic carbocycles. The molecule has 2 rings (SSSR count). The minimum Gasteiger partial charge on any atom is -0.489 e. The van der Waals surface area contributed by atoms with Crippen LogP contribution in [-0.2, 0) is 6.54 Å². The second kappa shape index (κ2) is 11.6. The molecule has 2 aromatic rings. The Morgan fingerprint density at radius 1 is 1.24 bits per heavy atom. The van der Waals surface area contributed by atoms with Crippen molar-refractivity contribution in [1.29, 1.82) is 0 Å². The quantitative estimate of drug-likeness (QED) is 0.380. The lowest BCUT2D eigenvalue weighted by atomic mass is 10.2. The van der Waals surface area contributed by atoms with E-state index in [4.69, 9.17) is 4.74 Å². The number of hydrogen-bond acceptors (Lipinski definition) is 3. The number of nitrogens with one attached hydrogen (secondary N) is 2. The molecule has 0 bridgehead atoms. The normalized spacial score (nSPS) is 12.0. The Balaban J connectivity index is 0.00000312. The van der Waals surface area contributed by atoms with E-state index in [-0.39, 0.29) is 35.9 Å². The van der Waals surface area contributed by atoms with Crippen molar-refractivity contribution >= 4 is 29.9 Å². The average Bonchev–Trinajstić information content (AvgIpc) is 2.61. The van der Waals surface area contributed by atoms with Gasteiger partial charge in [-0.25, -0.2) is 4.39 Å². The largest absolute Gasteiger partial charge is 0.489 e. The zero-order valence-corrected chi connectivity index (χ0v) is 16.7. The summed E-state index contributed by atoms with van der Waals surface area (Å²) in [5, 5.41) is 6.42. The van der Waals surface area contributed by atoms with Gasteiger partial charge in [0.2, 0.25) is 0 Å². The first-order valence-corrected chi connectivity index (χ1v) is 7.98. The Morgan fingerprint density at radius 2 is 2.08 bits per heavy atom. The van der Waals surface area contributed by atoms with E-state index >= 15 is 0 Å². The lowest BCUT2D eigenvalue weighted by molar-refractivity contribution is 0.198. The highest BCUT2D eigenvalue weighted by molar-refractivity contribution is 14.0. The highest BCUT2D eigenvalue weighted by Gasteiger charge is 2.10. The number of guanidine groups is 1. The Labute approximate surface area is 165 Å². The third-order valence-electron chi connectivity index (χ3n) is 3.44. The van der Waals surface area contributed by atoms with Gasteiger partial charge in [0.15, 0.2) is 5.96 Å². The zero-order valence-electron chi connectivity index (χ0n) is 14.4. The van der Waals surface area contributed by atoms with Crippen LogP contribution in [0, 0.1) is 5.82 Å². The smallest absolute Gasteiger partial charge is 0.191 e. The summed E-state index contributed by atoms with van der Waals surface area (Å²) in [4.78, 5) is 8.44. The second-order valence-corrected chi connectivity index (χ2v) is 5.23. The molecular formula is C18H24FIN4O. The number of rotatable bonds is 7. The van der Waals surface area contributed by atoms with Crippen molar-refractivity contribution in [2.75, 3.05) is 13.6 Å². The van der Waals surface area contributed by atoms with Gasteiger partial charge >= 0.3 is 0 Å². The van der Waals surface area contributed by atoms with E-state index in [0.717, 1.165) is 12.1 Å². The van der Waals surface area contributed by atoms with E-state index in [0.29, 0.717) is 24.8 Å². The summed E-state index contributed by atoms with van der Waals surface area (Å²) < 4.78 is 19.0. The number of ether oxygens (including phenoxy) is 1. The molecule has 2 N–H and O–H groups in total. The summed E-state index contributed by atoms with van der Waals surface area (Å²) in [5.41, 5.74) is 0.934. The fraction of sp³-hybridized carbons (Fsp3) is 0.333. The van der Waals surface area contributed by atoms with E-state index in [2.05, 4.69) is 20.6 Å². The van der Waals surface area contributed by atoms with Gasteiger partial charge in [-0.1, -0.05) is 19.1 Å². The molecule has 136 valence electrons. The van der Waals surface area contributed by atoms with Crippen LogP contribution in [0.25, 0.3) is 0 Å². The van der Waals surface area contributed by atoms with Gasteiger partial charge in [0.05, 0.1) is 18.8 Å². The van der Waals surface area contributed by atoms with Crippen LogP contribution < -0.4 is 15.4 Å². The number of aromatic nitrogens is 1. The van der Waals surface area contributed by atoms with Crippen LogP contribution in [0.5, 0.6) is 5.75 Å². The highest BCUT2D eigenvalue weighted by Crippen LogP contribution is 2.14. The first-order chi connectivity index (χ1) is 11.7. The third kappa shape index (κ3) is 7.68. The number of pyridine rings is 1. The van der Waals surface area contributed by atoms with Gasteiger partial charge in [0, 0.05) is 19.3 Å². The van der Waals surface area contributed by atoms with Gasteiger partial charge in [-0.05, 0) is 30.7 Å². The summed E-state index contributed by atoms with van der Waals surface area (Å²) in [7, 11) is 1.71. The van der Waals surface area contributed by atoms with E-state index in [9.17, 15) is 4.39 Å². The molecule has 1 heterocycles. The van der Waals surface area contributed by atoms with Crippen molar-refractivity contribution in [3.63, 3.8) is 0 Å². The van der Waals surface area contributed by atoms with E-state index < -0.39 is 0 Å². The predicted octanol–water partition coefficient (Wildman–Crippen LogP) is 3.36. The number of hydrogen-bond donors (Lipinski definition) is 2. The Hall–Kier alpha value is -1.90. The Morgan fingerprint density at radius 3 is 2.72 bits per heavy atom. The number of nitrogens with zero attached hydrogens (tertiary/aromatic N) is 2. The standard InChI is InChI=1S/C18H23FN4O.HI/c1-3-16(24-17-9-6-7-14(19)11-17)13-23-18(20-2)22-12-15-8-4-5-10-21-15;/h4-11,16H,3,12-13H2,1-2H3,(H2,20,22,23);1H. The minimum absolute atomic E-state index is 0. The summed E-state index contributed by atoms with van der Waals surface area (Å²) in [6, 6.07) is 11.9. The van der Waals surface area contributed by atoms with Crippen molar-refractivity contribution in [2.45, 2.75) is 26.0 Å². The molecule has 0 saturated heterocycles. The molecule has 0 amide bonds. The summed E-state index contributed by atoms with van der Waals surface area (Å²) >= 11 is 0. The lowest BCUT2D eigenvalue weighted by Gasteiger charge is -2.20. The van der Waals surface area contributed by atoms with Crippen LogP contribution in [0.3, 0.4) is 0 Å².